The maximum Gasteiger partial charge on any atom is 0.308 e. The van der Waals surface area contributed by atoms with Crippen LogP contribution in [-0.2, 0) is 14.3 Å². The van der Waals surface area contributed by atoms with Crippen LogP contribution >= 0.6 is 0 Å². The third-order valence-corrected chi connectivity index (χ3v) is 3.17. The van der Waals surface area contributed by atoms with E-state index in [1.54, 1.807) is 6.92 Å². The van der Waals surface area contributed by atoms with Crippen LogP contribution in [0.5, 0.6) is 0 Å². The summed E-state index contributed by atoms with van der Waals surface area (Å²) in [5.41, 5.74) is 0. The molecule has 1 rings (SSSR count). The van der Waals surface area contributed by atoms with Crippen molar-refractivity contribution in [1.82, 2.24) is 0 Å². The molecule has 0 aromatic heterocycles. The Morgan fingerprint density at radius 2 is 2.00 bits per heavy atom. The van der Waals surface area contributed by atoms with Gasteiger partial charge in [0.2, 0.25) is 6.29 Å². The van der Waals surface area contributed by atoms with E-state index < -0.39 is 43.1 Å². The van der Waals surface area contributed by atoms with Gasteiger partial charge in [-0.1, -0.05) is 20.3 Å². The quantitative estimate of drug-likeness (QED) is 0.594. The largest absolute Gasteiger partial charge is 0.435 e. The molecule has 18 heavy (non-hydrogen) atoms. The summed E-state index contributed by atoms with van der Waals surface area (Å²) in [5.74, 6) is -0.928. The van der Waals surface area contributed by atoms with Gasteiger partial charge in [-0.3, -0.25) is 4.79 Å². The number of rotatable bonds is 5. The molecule has 1 saturated heterocycles. The molecule has 0 aromatic rings. The average molecular weight is 262 g/mol. The first-order valence-corrected chi connectivity index (χ1v) is 6.33. The van der Waals surface area contributed by atoms with Crippen molar-refractivity contribution >= 4 is 5.97 Å². The van der Waals surface area contributed by atoms with Gasteiger partial charge in [0.05, 0.1) is 12.7 Å². The number of ether oxygens (including phenoxy) is 2. The smallest absolute Gasteiger partial charge is 0.308 e. The van der Waals surface area contributed by atoms with Gasteiger partial charge in [0.25, 0.3) is 0 Å². The van der Waals surface area contributed by atoms with Crippen LogP contribution in [0.25, 0.3) is 0 Å². The van der Waals surface area contributed by atoms with E-state index in [0.29, 0.717) is 6.42 Å². The number of aliphatic hydroxyl groups is 3. The molecular formula is C12H22O6. The van der Waals surface area contributed by atoms with E-state index in [-0.39, 0.29) is 0 Å². The molecule has 0 saturated carbocycles. The van der Waals surface area contributed by atoms with Crippen LogP contribution < -0.4 is 0 Å². The predicted octanol–water partition coefficient (Wildman–Crippen LogP) is -0.205. The van der Waals surface area contributed by atoms with Crippen LogP contribution in [-0.4, -0.2) is 52.5 Å². The number of aliphatic hydroxyl groups excluding tert-OH is 3. The van der Waals surface area contributed by atoms with Gasteiger partial charge in [-0.15, -0.1) is 0 Å². The number of carbonyl (C=O) groups excluding carboxylic acids is 1. The molecule has 5 atom stereocenters. The summed E-state index contributed by atoms with van der Waals surface area (Å²) < 4.78 is 10.4. The molecule has 0 aliphatic carbocycles. The Kier molecular flexibility index (Phi) is 6.01. The lowest BCUT2D eigenvalue weighted by atomic mass is 9.92. The first kappa shape index (κ1) is 15.4. The Morgan fingerprint density at radius 3 is 2.56 bits per heavy atom. The van der Waals surface area contributed by atoms with Crippen LogP contribution in [0.15, 0.2) is 0 Å². The van der Waals surface area contributed by atoms with Gasteiger partial charge in [0, 0.05) is 12.3 Å². The second kappa shape index (κ2) is 7.04. The number of carbonyl (C=O) groups is 1. The summed E-state index contributed by atoms with van der Waals surface area (Å²) >= 11 is 0. The molecule has 1 heterocycles. The van der Waals surface area contributed by atoms with Crippen LogP contribution in [0.2, 0.25) is 0 Å². The summed E-state index contributed by atoms with van der Waals surface area (Å²) in [5, 5.41) is 28.4. The molecule has 6 nitrogen and oxygen atoms in total. The maximum absolute atomic E-state index is 11.5. The summed E-state index contributed by atoms with van der Waals surface area (Å²) in [6.07, 6.45) is -2.20. The zero-order valence-electron chi connectivity index (χ0n) is 10.8. The van der Waals surface area contributed by atoms with Crippen LogP contribution in [0.4, 0.5) is 0 Å². The molecular weight excluding hydrogens is 240 g/mol. The van der Waals surface area contributed by atoms with E-state index >= 15 is 0 Å². The van der Waals surface area contributed by atoms with Crippen molar-refractivity contribution in [3.05, 3.63) is 0 Å². The van der Waals surface area contributed by atoms with E-state index in [4.69, 9.17) is 14.6 Å². The fraction of sp³-hybridized carbons (Fsp3) is 0.917. The van der Waals surface area contributed by atoms with Gasteiger partial charge in [-0.25, -0.2) is 0 Å². The minimum absolute atomic E-state index is 0.297. The monoisotopic (exact) mass is 262 g/mol. The number of hydrogen-bond donors (Lipinski definition) is 3. The Bertz CT molecular complexity index is 267. The lowest BCUT2D eigenvalue weighted by Gasteiger charge is -2.40. The molecule has 1 aliphatic rings. The fourth-order valence-electron chi connectivity index (χ4n) is 1.86. The van der Waals surface area contributed by atoms with Crippen LogP contribution in [0.1, 0.15) is 33.1 Å². The van der Waals surface area contributed by atoms with E-state index in [9.17, 15) is 15.0 Å². The zero-order chi connectivity index (χ0) is 13.7. The molecule has 0 spiro atoms. The molecule has 0 radical (unpaired) electrons. The van der Waals surface area contributed by atoms with Crippen molar-refractivity contribution < 1.29 is 29.6 Å². The Balaban J connectivity index is 2.56. The van der Waals surface area contributed by atoms with E-state index in [1.807, 2.05) is 6.92 Å². The second-order valence-electron chi connectivity index (χ2n) is 4.66. The molecule has 106 valence electrons. The highest BCUT2D eigenvalue weighted by Crippen LogP contribution is 2.27. The standard InChI is InChI=1S/C12H22O6/c1-3-4-5-9(14)18-12-7(2)10(15)11(16)8(6-13)17-12/h7-8,10-13,15-16H,3-6H2,1-2H3/t7?,8?,10-,11-,12-/m1/s1. The Labute approximate surface area is 107 Å². The van der Waals surface area contributed by atoms with E-state index in [0.717, 1.165) is 12.8 Å². The number of esters is 1. The third-order valence-electron chi connectivity index (χ3n) is 3.17. The summed E-state index contributed by atoms with van der Waals surface area (Å²) in [4.78, 5) is 11.5. The van der Waals surface area contributed by atoms with Crippen molar-refractivity contribution in [3.63, 3.8) is 0 Å². The molecule has 1 fully saturated rings. The summed E-state index contributed by atoms with van der Waals surface area (Å²) in [6, 6.07) is 0. The van der Waals surface area contributed by atoms with Crippen molar-refractivity contribution in [2.75, 3.05) is 6.61 Å². The summed E-state index contributed by atoms with van der Waals surface area (Å²) in [7, 11) is 0. The first-order valence-electron chi connectivity index (χ1n) is 6.33. The lowest BCUT2D eigenvalue weighted by Crippen LogP contribution is -2.55. The van der Waals surface area contributed by atoms with Crippen molar-refractivity contribution in [2.45, 2.75) is 57.7 Å². The Morgan fingerprint density at radius 1 is 1.33 bits per heavy atom. The van der Waals surface area contributed by atoms with E-state index in [1.165, 1.54) is 0 Å². The molecule has 6 heteroatoms. The van der Waals surface area contributed by atoms with Gasteiger partial charge in [-0.05, 0) is 6.42 Å². The molecule has 0 aromatic carbocycles. The zero-order valence-corrected chi connectivity index (χ0v) is 10.8. The highest BCUT2D eigenvalue weighted by molar-refractivity contribution is 5.69. The molecule has 3 N–H and O–H groups in total. The topological polar surface area (TPSA) is 96.2 Å². The normalized spacial score (nSPS) is 36.4. The van der Waals surface area contributed by atoms with Crippen LogP contribution in [0.3, 0.4) is 0 Å². The van der Waals surface area contributed by atoms with Gasteiger partial charge in [-0.2, -0.15) is 0 Å². The van der Waals surface area contributed by atoms with Gasteiger partial charge >= 0.3 is 5.97 Å². The average Bonchev–Trinajstić information content (AvgIpc) is 2.37. The fourth-order valence-corrected chi connectivity index (χ4v) is 1.86. The lowest BCUT2D eigenvalue weighted by molar-refractivity contribution is -0.274. The highest BCUT2D eigenvalue weighted by atomic mass is 16.7. The minimum Gasteiger partial charge on any atom is -0.435 e. The van der Waals surface area contributed by atoms with E-state index in [2.05, 4.69) is 0 Å². The van der Waals surface area contributed by atoms with Gasteiger partial charge in [0.15, 0.2) is 0 Å². The van der Waals surface area contributed by atoms with Gasteiger partial charge in [0.1, 0.15) is 12.2 Å². The second-order valence-corrected chi connectivity index (χ2v) is 4.66. The number of hydrogen-bond acceptors (Lipinski definition) is 6. The number of unbranched alkanes of at least 4 members (excludes halogenated alkanes) is 1. The van der Waals surface area contributed by atoms with Gasteiger partial charge < -0.3 is 24.8 Å². The maximum atomic E-state index is 11.5. The third kappa shape index (κ3) is 3.65. The predicted molar refractivity (Wildman–Crippen MR) is 62.5 cm³/mol. The molecule has 2 unspecified atom stereocenters. The highest BCUT2D eigenvalue weighted by Gasteiger charge is 2.43. The first-order chi connectivity index (χ1) is 8.51. The molecule has 1 aliphatic heterocycles. The summed E-state index contributed by atoms with van der Waals surface area (Å²) in [6.45, 7) is 3.15. The van der Waals surface area contributed by atoms with Crippen molar-refractivity contribution in [3.8, 4) is 0 Å². The van der Waals surface area contributed by atoms with Crippen molar-refractivity contribution in [2.24, 2.45) is 5.92 Å². The minimum atomic E-state index is -1.17. The molecule has 0 bridgehead atoms. The van der Waals surface area contributed by atoms with Crippen LogP contribution in [0, 0.1) is 5.92 Å². The SMILES string of the molecule is CCCCC(=O)O[C@H]1OC(CO)[C@@H](O)[C@H](O)C1C. The Hall–Kier alpha value is -0.690. The molecule has 0 amide bonds. The van der Waals surface area contributed by atoms with Crippen molar-refractivity contribution in [1.29, 1.82) is 0 Å².